The standard InChI is InChI=1S/C27H40N6O3/c1-2-3-12-28-27-30-18-24(25(32-27)31-22-8-10-23(34)11-9-22)26(35)29-17-20-4-6-21(7-5-20)19-33-13-15-36-16-14-33/h4-7,18,22-23,34H,2-3,8-17,19H2,1H3,(H,29,35)(H2,28,30,31,32)/t22-,23-. The molecule has 1 aliphatic carbocycles. The third-order valence-corrected chi connectivity index (χ3v) is 6.87. The van der Waals surface area contributed by atoms with Crippen LogP contribution in [0.4, 0.5) is 11.8 Å². The second-order valence-corrected chi connectivity index (χ2v) is 9.77. The molecule has 0 radical (unpaired) electrons. The highest BCUT2D eigenvalue weighted by Crippen LogP contribution is 2.24. The van der Waals surface area contributed by atoms with Gasteiger partial charge in [0.05, 0.1) is 19.3 Å². The van der Waals surface area contributed by atoms with Crippen LogP contribution in [0.3, 0.4) is 0 Å². The normalized spacial score (nSPS) is 20.6. The lowest BCUT2D eigenvalue weighted by Gasteiger charge is -2.27. The highest BCUT2D eigenvalue weighted by Gasteiger charge is 2.22. The van der Waals surface area contributed by atoms with E-state index < -0.39 is 0 Å². The monoisotopic (exact) mass is 496 g/mol. The summed E-state index contributed by atoms with van der Waals surface area (Å²) in [6.45, 7) is 7.79. The number of hydrogen-bond acceptors (Lipinski definition) is 8. The molecule has 2 heterocycles. The molecule has 4 N–H and O–H groups in total. The van der Waals surface area contributed by atoms with E-state index in [-0.39, 0.29) is 18.1 Å². The lowest BCUT2D eigenvalue weighted by Crippen LogP contribution is -2.35. The lowest BCUT2D eigenvalue weighted by atomic mass is 9.93. The summed E-state index contributed by atoms with van der Waals surface area (Å²) < 4.78 is 5.42. The van der Waals surface area contributed by atoms with E-state index in [0.29, 0.717) is 23.9 Å². The minimum Gasteiger partial charge on any atom is -0.393 e. The maximum atomic E-state index is 13.1. The third-order valence-electron chi connectivity index (χ3n) is 6.87. The second-order valence-electron chi connectivity index (χ2n) is 9.77. The van der Waals surface area contributed by atoms with Gasteiger partial charge >= 0.3 is 0 Å². The van der Waals surface area contributed by atoms with Gasteiger partial charge < -0.3 is 25.8 Å². The number of benzene rings is 1. The van der Waals surface area contributed by atoms with Gasteiger partial charge in [-0.2, -0.15) is 4.98 Å². The van der Waals surface area contributed by atoms with E-state index in [1.807, 2.05) is 0 Å². The molecule has 1 aromatic heterocycles. The van der Waals surface area contributed by atoms with E-state index in [4.69, 9.17) is 4.74 Å². The van der Waals surface area contributed by atoms with E-state index in [9.17, 15) is 9.90 Å². The fourth-order valence-corrected chi connectivity index (χ4v) is 4.59. The van der Waals surface area contributed by atoms with Gasteiger partial charge in [0.25, 0.3) is 5.91 Å². The van der Waals surface area contributed by atoms with E-state index >= 15 is 0 Å². The number of unbranched alkanes of at least 4 members (excludes halogenated alkanes) is 1. The Kier molecular flexibility index (Phi) is 9.89. The zero-order valence-electron chi connectivity index (χ0n) is 21.3. The van der Waals surface area contributed by atoms with E-state index in [1.54, 1.807) is 6.20 Å². The summed E-state index contributed by atoms with van der Waals surface area (Å²) in [5.74, 6) is 0.865. The number of ether oxygens (including phenoxy) is 1. The summed E-state index contributed by atoms with van der Waals surface area (Å²) in [5.41, 5.74) is 2.74. The Bertz CT molecular complexity index is 956. The van der Waals surface area contributed by atoms with Crippen molar-refractivity contribution in [3.63, 3.8) is 0 Å². The molecule has 2 aliphatic rings. The zero-order valence-corrected chi connectivity index (χ0v) is 21.3. The van der Waals surface area contributed by atoms with Gasteiger partial charge in [-0.15, -0.1) is 0 Å². The first kappa shape index (κ1) is 26.3. The van der Waals surface area contributed by atoms with Crippen LogP contribution in [0.5, 0.6) is 0 Å². The van der Waals surface area contributed by atoms with Gasteiger partial charge in [-0.1, -0.05) is 37.6 Å². The van der Waals surface area contributed by atoms with Crippen LogP contribution in [0.2, 0.25) is 0 Å². The van der Waals surface area contributed by atoms with Gasteiger partial charge in [-0.05, 0) is 43.2 Å². The van der Waals surface area contributed by atoms with Gasteiger partial charge in [-0.3, -0.25) is 9.69 Å². The van der Waals surface area contributed by atoms with Crippen LogP contribution in [0.25, 0.3) is 0 Å². The van der Waals surface area contributed by atoms with Crippen molar-refractivity contribution in [2.45, 2.75) is 70.7 Å². The van der Waals surface area contributed by atoms with Gasteiger partial charge in [0.1, 0.15) is 11.4 Å². The fourth-order valence-electron chi connectivity index (χ4n) is 4.59. The molecule has 0 unspecified atom stereocenters. The Hall–Kier alpha value is -2.75. The molecule has 1 aliphatic heterocycles. The molecule has 2 aromatic rings. The number of amides is 1. The molecule has 9 heteroatoms. The molecule has 0 atom stereocenters. The van der Waals surface area contributed by atoms with Crippen LogP contribution >= 0.6 is 0 Å². The van der Waals surface area contributed by atoms with Crippen LogP contribution in [-0.2, 0) is 17.8 Å². The van der Waals surface area contributed by atoms with Crippen molar-refractivity contribution in [3.8, 4) is 0 Å². The Balaban J connectivity index is 1.37. The number of morpholine rings is 1. The molecule has 36 heavy (non-hydrogen) atoms. The van der Waals surface area contributed by atoms with Crippen molar-refractivity contribution in [2.24, 2.45) is 0 Å². The zero-order chi connectivity index (χ0) is 25.2. The first-order chi connectivity index (χ1) is 17.6. The molecule has 1 saturated carbocycles. The highest BCUT2D eigenvalue weighted by molar-refractivity contribution is 5.98. The number of carbonyl (C=O) groups is 1. The quantitative estimate of drug-likeness (QED) is 0.351. The van der Waals surface area contributed by atoms with E-state index in [1.165, 1.54) is 5.56 Å². The summed E-state index contributed by atoms with van der Waals surface area (Å²) in [5, 5.41) is 19.6. The van der Waals surface area contributed by atoms with Crippen molar-refractivity contribution in [2.75, 3.05) is 43.5 Å². The van der Waals surface area contributed by atoms with Crippen LogP contribution in [-0.4, -0.2) is 70.9 Å². The molecule has 1 saturated heterocycles. The smallest absolute Gasteiger partial charge is 0.256 e. The van der Waals surface area contributed by atoms with Crippen molar-refractivity contribution in [1.82, 2.24) is 20.2 Å². The van der Waals surface area contributed by atoms with Crippen LogP contribution < -0.4 is 16.0 Å². The van der Waals surface area contributed by atoms with Crippen LogP contribution in [0, 0.1) is 0 Å². The maximum Gasteiger partial charge on any atom is 0.256 e. The Labute approximate surface area is 214 Å². The van der Waals surface area contributed by atoms with Crippen LogP contribution in [0.1, 0.15) is 66.9 Å². The van der Waals surface area contributed by atoms with Gasteiger partial charge in [-0.25, -0.2) is 4.98 Å². The van der Waals surface area contributed by atoms with Crippen molar-refractivity contribution < 1.29 is 14.6 Å². The number of aliphatic hydroxyl groups is 1. The number of rotatable bonds is 11. The molecule has 0 spiro atoms. The molecule has 9 nitrogen and oxygen atoms in total. The number of aliphatic hydroxyl groups excluding tert-OH is 1. The molecule has 196 valence electrons. The van der Waals surface area contributed by atoms with Crippen molar-refractivity contribution in [3.05, 3.63) is 47.2 Å². The van der Waals surface area contributed by atoms with E-state index in [0.717, 1.165) is 83.5 Å². The molecule has 4 rings (SSSR count). The average molecular weight is 497 g/mol. The Morgan fingerprint density at radius 2 is 1.83 bits per heavy atom. The van der Waals surface area contributed by atoms with E-state index in [2.05, 4.69) is 62.0 Å². The maximum absolute atomic E-state index is 13.1. The Morgan fingerprint density at radius 1 is 1.11 bits per heavy atom. The molecular weight excluding hydrogens is 456 g/mol. The molecular formula is C27H40N6O3. The number of hydrogen-bond donors (Lipinski definition) is 4. The summed E-state index contributed by atoms with van der Waals surface area (Å²) in [7, 11) is 0. The average Bonchev–Trinajstić information content (AvgIpc) is 2.90. The summed E-state index contributed by atoms with van der Waals surface area (Å²) in [4.78, 5) is 24.5. The lowest BCUT2D eigenvalue weighted by molar-refractivity contribution is 0.0342. The number of anilines is 2. The van der Waals surface area contributed by atoms with Gasteiger partial charge in [0.2, 0.25) is 5.95 Å². The molecule has 2 fully saturated rings. The first-order valence-electron chi connectivity index (χ1n) is 13.3. The summed E-state index contributed by atoms with van der Waals surface area (Å²) in [6.07, 6.45) is 6.69. The second kappa shape index (κ2) is 13.5. The first-order valence-corrected chi connectivity index (χ1v) is 13.3. The van der Waals surface area contributed by atoms with Crippen molar-refractivity contribution in [1.29, 1.82) is 0 Å². The third kappa shape index (κ3) is 7.88. The van der Waals surface area contributed by atoms with Gasteiger partial charge in [0, 0.05) is 45.0 Å². The number of nitrogens with one attached hydrogen (secondary N) is 3. The largest absolute Gasteiger partial charge is 0.393 e. The highest BCUT2D eigenvalue weighted by atomic mass is 16.5. The topological polar surface area (TPSA) is 112 Å². The van der Waals surface area contributed by atoms with Crippen molar-refractivity contribution >= 4 is 17.7 Å². The fraction of sp³-hybridized carbons (Fsp3) is 0.593. The Morgan fingerprint density at radius 3 is 2.56 bits per heavy atom. The minimum atomic E-state index is -0.234. The molecule has 1 aromatic carbocycles. The van der Waals surface area contributed by atoms with Crippen LogP contribution in [0.15, 0.2) is 30.5 Å². The summed E-state index contributed by atoms with van der Waals surface area (Å²) >= 11 is 0. The minimum absolute atomic E-state index is 0.178. The number of aromatic nitrogens is 2. The van der Waals surface area contributed by atoms with Gasteiger partial charge in [0.15, 0.2) is 0 Å². The summed E-state index contributed by atoms with van der Waals surface area (Å²) in [6, 6.07) is 8.57. The number of carbonyl (C=O) groups excluding carboxylic acids is 1. The molecule has 0 bridgehead atoms. The predicted octanol–water partition coefficient (Wildman–Crippen LogP) is 3.17. The number of nitrogens with zero attached hydrogens (tertiary/aromatic N) is 3. The predicted molar refractivity (Wildman–Crippen MR) is 141 cm³/mol. The SMILES string of the molecule is CCCCNc1ncc(C(=O)NCc2ccc(CN3CCOCC3)cc2)c(N[C@H]2CC[C@H](O)CC2)n1. The molecule has 1 amide bonds.